The minimum absolute atomic E-state index is 0.0268. The Morgan fingerprint density at radius 2 is 1.64 bits per heavy atom. The minimum atomic E-state index is -0.558. The van der Waals surface area contributed by atoms with Crippen LogP contribution in [0.15, 0.2) is 42.5 Å². The van der Waals surface area contributed by atoms with Crippen molar-refractivity contribution in [1.29, 1.82) is 0 Å². The van der Waals surface area contributed by atoms with Crippen molar-refractivity contribution >= 4 is 40.5 Å². The Morgan fingerprint density at radius 1 is 0.970 bits per heavy atom. The lowest BCUT2D eigenvalue weighted by Gasteiger charge is -2.38. The molecule has 1 saturated carbocycles. The minimum Gasteiger partial charge on any atom is -0.368 e. The number of benzene rings is 2. The highest BCUT2D eigenvalue weighted by molar-refractivity contribution is 6.34. The van der Waals surface area contributed by atoms with E-state index in [4.69, 9.17) is 11.6 Å². The lowest BCUT2D eigenvalue weighted by atomic mass is 9.88. The van der Waals surface area contributed by atoms with Crippen LogP contribution in [0.2, 0.25) is 5.02 Å². The van der Waals surface area contributed by atoms with Crippen molar-refractivity contribution in [3.05, 3.63) is 63.2 Å². The SMILES string of the molecule is O=C(Nc1ccc(N2CCN(C(=O)C3CCCCC3)CC2)cc1)c1ccc([N+](=O)[O-])cc1Cl. The topological polar surface area (TPSA) is 95.8 Å². The molecule has 1 heterocycles. The molecule has 174 valence electrons. The van der Waals surface area contributed by atoms with Crippen LogP contribution in [0.1, 0.15) is 42.5 Å². The molecule has 1 aliphatic carbocycles. The number of halogens is 1. The van der Waals surface area contributed by atoms with Gasteiger partial charge in [0.25, 0.3) is 11.6 Å². The number of nitrogens with one attached hydrogen (secondary N) is 1. The summed E-state index contributed by atoms with van der Waals surface area (Å²) >= 11 is 6.04. The van der Waals surface area contributed by atoms with Gasteiger partial charge >= 0.3 is 0 Å². The van der Waals surface area contributed by atoms with Gasteiger partial charge in [-0.3, -0.25) is 19.7 Å². The molecule has 2 aromatic rings. The highest BCUT2D eigenvalue weighted by atomic mass is 35.5. The number of amides is 2. The molecule has 8 nitrogen and oxygen atoms in total. The summed E-state index contributed by atoms with van der Waals surface area (Å²) in [4.78, 5) is 39.8. The van der Waals surface area contributed by atoms with Crippen LogP contribution in [0.4, 0.5) is 17.1 Å². The van der Waals surface area contributed by atoms with E-state index in [0.717, 1.165) is 63.6 Å². The van der Waals surface area contributed by atoms with Crippen LogP contribution < -0.4 is 10.2 Å². The molecule has 2 fully saturated rings. The van der Waals surface area contributed by atoms with E-state index in [9.17, 15) is 19.7 Å². The molecule has 0 unspecified atom stereocenters. The Kier molecular flexibility index (Phi) is 7.13. The molecule has 0 spiro atoms. The Labute approximate surface area is 197 Å². The number of piperazine rings is 1. The van der Waals surface area contributed by atoms with Crippen molar-refractivity contribution in [3.8, 4) is 0 Å². The van der Waals surface area contributed by atoms with Gasteiger partial charge in [-0.1, -0.05) is 30.9 Å². The first-order valence-electron chi connectivity index (χ1n) is 11.3. The molecule has 33 heavy (non-hydrogen) atoms. The van der Waals surface area contributed by atoms with Gasteiger partial charge in [0, 0.05) is 55.6 Å². The molecular weight excluding hydrogens is 444 g/mol. The Hall–Kier alpha value is -3.13. The average Bonchev–Trinajstić information content (AvgIpc) is 2.84. The number of anilines is 2. The van der Waals surface area contributed by atoms with Gasteiger partial charge in [-0.15, -0.1) is 0 Å². The van der Waals surface area contributed by atoms with Crippen LogP contribution in [0.25, 0.3) is 0 Å². The van der Waals surface area contributed by atoms with Gasteiger partial charge in [0.15, 0.2) is 0 Å². The molecule has 0 radical (unpaired) electrons. The van der Waals surface area contributed by atoms with Crippen molar-refractivity contribution < 1.29 is 14.5 Å². The molecule has 4 rings (SSSR count). The number of carbonyl (C=O) groups excluding carboxylic acids is 2. The van der Waals surface area contributed by atoms with Crippen molar-refractivity contribution in [2.75, 3.05) is 36.4 Å². The van der Waals surface area contributed by atoms with Gasteiger partial charge in [0.2, 0.25) is 5.91 Å². The van der Waals surface area contributed by atoms with E-state index >= 15 is 0 Å². The first-order valence-corrected chi connectivity index (χ1v) is 11.7. The van der Waals surface area contributed by atoms with Crippen molar-refractivity contribution in [2.24, 2.45) is 5.92 Å². The first kappa shape index (κ1) is 23.0. The lowest BCUT2D eigenvalue weighted by molar-refractivity contribution is -0.384. The van der Waals surface area contributed by atoms with Crippen LogP contribution in [0.3, 0.4) is 0 Å². The van der Waals surface area contributed by atoms with Gasteiger partial charge in [0.1, 0.15) is 0 Å². The summed E-state index contributed by atoms with van der Waals surface area (Å²) in [6, 6.07) is 11.3. The predicted octanol–water partition coefficient (Wildman–Crippen LogP) is 4.73. The molecule has 2 amide bonds. The predicted molar refractivity (Wildman–Crippen MR) is 128 cm³/mol. The van der Waals surface area contributed by atoms with E-state index in [1.165, 1.54) is 18.6 Å². The van der Waals surface area contributed by atoms with E-state index in [1.54, 1.807) is 0 Å². The third kappa shape index (κ3) is 5.45. The zero-order chi connectivity index (χ0) is 23.4. The number of hydrogen-bond acceptors (Lipinski definition) is 5. The van der Waals surface area contributed by atoms with Gasteiger partial charge in [-0.05, 0) is 43.2 Å². The molecule has 2 aliphatic rings. The monoisotopic (exact) mass is 470 g/mol. The zero-order valence-corrected chi connectivity index (χ0v) is 19.1. The molecule has 9 heteroatoms. The van der Waals surface area contributed by atoms with Crippen LogP contribution in [0.5, 0.6) is 0 Å². The number of nitro benzene ring substituents is 1. The highest BCUT2D eigenvalue weighted by Crippen LogP contribution is 2.27. The number of rotatable bonds is 5. The maximum atomic E-state index is 12.8. The fourth-order valence-corrected chi connectivity index (χ4v) is 4.81. The normalized spacial score (nSPS) is 17.0. The summed E-state index contributed by atoms with van der Waals surface area (Å²) in [7, 11) is 0. The fraction of sp³-hybridized carbons (Fsp3) is 0.417. The Bertz CT molecular complexity index is 1030. The Morgan fingerprint density at radius 3 is 2.24 bits per heavy atom. The highest BCUT2D eigenvalue weighted by Gasteiger charge is 2.28. The van der Waals surface area contributed by atoms with Crippen molar-refractivity contribution in [3.63, 3.8) is 0 Å². The molecule has 1 N–H and O–H groups in total. The van der Waals surface area contributed by atoms with E-state index in [-0.39, 0.29) is 22.2 Å². The standard InChI is InChI=1S/C24H27ClN4O4/c25-22-16-20(29(32)33)10-11-21(22)23(30)26-18-6-8-19(9-7-18)27-12-14-28(15-13-27)24(31)17-4-2-1-3-5-17/h6-11,16-17H,1-5,12-15H2,(H,26,30). The number of nitro groups is 1. The van der Waals surface area contributed by atoms with Gasteiger partial charge in [0.05, 0.1) is 15.5 Å². The Balaban J connectivity index is 1.32. The third-order valence-electron chi connectivity index (χ3n) is 6.44. The summed E-state index contributed by atoms with van der Waals surface area (Å²) in [6.45, 7) is 3.02. The fourth-order valence-electron chi connectivity index (χ4n) is 4.55. The quantitative estimate of drug-likeness (QED) is 0.503. The van der Waals surface area contributed by atoms with Gasteiger partial charge in [-0.2, -0.15) is 0 Å². The molecule has 1 saturated heterocycles. The number of hydrogen-bond donors (Lipinski definition) is 1. The van der Waals surface area contributed by atoms with Crippen LogP contribution in [0, 0.1) is 16.0 Å². The van der Waals surface area contributed by atoms with E-state index < -0.39 is 10.8 Å². The maximum Gasteiger partial charge on any atom is 0.270 e. The summed E-state index contributed by atoms with van der Waals surface area (Å²) in [6.07, 6.45) is 5.62. The van der Waals surface area contributed by atoms with E-state index in [2.05, 4.69) is 10.2 Å². The van der Waals surface area contributed by atoms with E-state index in [1.807, 2.05) is 29.2 Å². The summed E-state index contributed by atoms with van der Waals surface area (Å²) < 4.78 is 0. The largest absolute Gasteiger partial charge is 0.368 e. The van der Waals surface area contributed by atoms with Crippen LogP contribution in [-0.4, -0.2) is 47.8 Å². The lowest BCUT2D eigenvalue weighted by Crippen LogP contribution is -2.50. The zero-order valence-electron chi connectivity index (χ0n) is 18.3. The number of carbonyl (C=O) groups is 2. The molecule has 0 atom stereocenters. The summed E-state index contributed by atoms with van der Waals surface area (Å²) in [5.74, 6) is 0.0900. The molecule has 2 aromatic carbocycles. The van der Waals surface area contributed by atoms with E-state index in [0.29, 0.717) is 11.6 Å². The number of nitrogens with zero attached hydrogens (tertiary/aromatic N) is 3. The average molecular weight is 471 g/mol. The molecule has 0 aromatic heterocycles. The third-order valence-corrected chi connectivity index (χ3v) is 6.76. The second-order valence-corrected chi connectivity index (χ2v) is 8.98. The van der Waals surface area contributed by atoms with Crippen LogP contribution >= 0.6 is 11.6 Å². The molecule has 0 bridgehead atoms. The first-order chi connectivity index (χ1) is 15.9. The maximum absolute atomic E-state index is 12.8. The van der Waals surface area contributed by atoms with Crippen molar-refractivity contribution in [1.82, 2.24) is 4.90 Å². The van der Waals surface area contributed by atoms with Crippen molar-refractivity contribution in [2.45, 2.75) is 32.1 Å². The van der Waals surface area contributed by atoms with Gasteiger partial charge < -0.3 is 15.1 Å². The summed E-state index contributed by atoms with van der Waals surface area (Å²) in [5, 5.41) is 13.6. The van der Waals surface area contributed by atoms with Gasteiger partial charge in [-0.25, -0.2) is 0 Å². The summed E-state index contributed by atoms with van der Waals surface area (Å²) in [5.41, 5.74) is 1.64. The molecular formula is C24H27ClN4O4. The molecule has 1 aliphatic heterocycles. The second kappa shape index (κ2) is 10.2. The second-order valence-electron chi connectivity index (χ2n) is 8.57. The van der Waals surface area contributed by atoms with Crippen LogP contribution in [-0.2, 0) is 4.79 Å². The number of non-ortho nitro benzene ring substituents is 1. The smallest absolute Gasteiger partial charge is 0.270 e.